The number of aryl methyl sites for hydroxylation is 1. The first-order chi connectivity index (χ1) is 24.4. The maximum Gasteiger partial charge on any atom is 0.433 e. The van der Waals surface area contributed by atoms with E-state index in [4.69, 9.17) is 20.4 Å². The molecule has 0 radical (unpaired) electrons. The fourth-order valence-electron chi connectivity index (χ4n) is 7.78. The number of halogens is 3. The number of fused-ring (bicyclic) bond motifs is 4. The standard InChI is InChI=1S/C37H39F3N8O3/c1-19(43-35(49)23-8-11-31(42-16-23)37(38,39)40)27-10-7-22-14-29(48(33(22)44-27)17-20-4-5-20)34-45-28-13-24(15-30(51-3)32(28)46(34)2)36(50)47-18-26(41)21-6-9-25(47)12-21/h7-8,10-11,13-16,19-21,25-26H,4-6,9,12,17-18,41H2,1-3H3,(H,43,49)/t19-,21+,25-,26+/m1/s1. The van der Waals surface area contributed by atoms with Crippen LogP contribution in [0.1, 0.15) is 77.2 Å². The van der Waals surface area contributed by atoms with Crippen molar-refractivity contribution < 1.29 is 27.5 Å². The zero-order chi connectivity index (χ0) is 35.8. The van der Waals surface area contributed by atoms with Gasteiger partial charge in [-0.25, -0.2) is 9.97 Å². The fraction of sp³-hybridized carbons (Fsp3) is 0.432. The van der Waals surface area contributed by atoms with Crippen LogP contribution in [0.15, 0.2) is 48.7 Å². The van der Waals surface area contributed by atoms with Gasteiger partial charge in [-0.1, -0.05) is 0 Å². The van der Waals surface area contributed by atoms with Crippen molar-refractivity contribution in [2.24, 2.45) is 24.6 Å². The number of nitrogens with zero attached hydrogens (tertiary/aromatic N) is 6. The summed E-state index contributed by atoms with van der Waals surface area (Å²) in [6.45, 7) is 3.06. The van der Waals surface area contributed by atoms with Gasteiger partial charge in [-0.2, -0.15) is 13.2 Å². The number of likely N-dealkylation sites (tertiary alicyclic amines) is 1. The van der Waals surface area contributed by atoms with Crippen molar-refractivity contribution in [2.75, 3.05) is 13.7 Å². The van der Waals surface area contributed by atoms with E-state index in [0.717, 1.165) is 79.2 Å². The highest BCUT2D eigenvalue weighted by Gasteiger charge is 2.41. The SMILES string of the molecule is COc1cc(C(=O)N2C[C@H](N)[C@H]3CC[C@@H]2C3)cc2nc(-c3cc4ccc([C@@H](C)NC(=O)c5ccc(C(F)(F)F)nc5)nc4n3CC3CC3)n(C)c12. The quantitative estimate of drug-likeness (QED) is 0.207. The van der Waals surface area contributed by atoms with Crippen LogP contribution in [0, 0.1) is 11.8 Å². The number of amides is 2. The second-order valence-electron chi connectivity index (χ2n) is 14.2. The Morgan fingerprint density at radius 3 is 2.57 bits per heavy atom. The molecule has 2 saturated carbocycles. The average molecular weight is 701 g/mol. The summed E-state index contributed by atoms with van der Waals surface area (Å²) in [4.78, 5) is 42.2. The van der Waals surface area contributed by atoms with Crippen molar-refractivity contribution in [3.63, 3.8) is 0 Å². The number of rotatable bonds is 8. The highest BCUT2D eigenvalue weighted by atomic mass is 19.4. The lowest BCUT2D eigenvalue weighted by molar-refractivity contribution is -0.141. The molecule has 1 aromatic carbocycles. The molecule has 5 aromatic rings. The Morgan fingerprint density at radius 2 is 1.86 bits per heavy atom. The monoisotopic (exact) mass is 700 g/mol. The molecule has 5 heterocycles. The van der Waals surface area contributed by atoms with E-state index in [0.29, 0.717) is 46.7 Å². The van der Waals surface area contributed by atoms with E-state index in [9.17, 15) is 22.8 Å². The van der Waals surface area contributed by atoms with Crippen LogP contribution in [-0.4, -0.2) is 66.5 Å². The molecule has 2 amide bonds. The zero-order valence-electron chi connectivity index (χ0n) is 28.6. The summed E-state index contributed by atoms with van der Waals surface area (Å²) in [5.74, 6) is 1.62. The van der Waals surface area contributed by atoms with Gasteiger partial charge in [-0.3, -0.25) is 14.6 Å². The minimum absolute atomic E-state index is 0.0159. The summed E-state index contributed by atoms with van der Waals surface area (Å²) in [5, 5.41) is 3.73. The Morgan fingerprint density at radius 1 is 1.06 bits per heavy atom. The minimum Gasteiger partial charge on any atom is -0.494 e. The Bertz CT molecular complexity index is 2170. The molecule has 51 heavy (non-hydrogen) atoms. The second kappa shape index (κ2) is 12.4. The minimum atomic E-state index is -4.59. The van der Waals surface area contributed by atoms with Crippen LogP contribution in [0.25, 0.3) is 33.6 Å². The lowest BCUT2D eigenvalue weighted by Gasteiger charge is -2.37. The fourth-order valence-corrected chi connectivity index (χ4v) is 7.78. The lowest BCUT2D eigenvalue weighted by atomic mass is 9.94. The smallest absolute Gasteiger partial charge is 0.433 e. The number of imidazole rings is 1. The zero-order valence-corrected chi connectivity index (χ0v) is 28.6. The molecule has 3 aliphatic rings. The number of benzene rings is 1. The van der Waals surface area contributed by atoms with Crippen LogP contribution in [0.5, 0.6) is 5.75 Å². The Balaban J connectivity index is 1.12. The van der Waals surface area contributed by atoms with Crippen molar-refractivity contribution in [3.8, 4) is 17.3 Å². The molecule has 3 fully saturated rings. The van der Waals surface area contributed by atoms with Crippen LogP contribution in [0.2, 0.25) is 0 Å². The van der Waals surface area contributed by atoms with Gasteiger partial charge in [0.15, 0.2) is 5.82 Å². The van der Waals surface area contributed by atoms with Crippen LogP contribution >= 0.6 is 0 Å². The Labute approximate surface area is 292 Å². The highest BCUT2D eigenvalue weighted by molar-refractivity contribution is 6.00. The highest BCUT2D eigenvalue weighted by Crippen LogP contribution is 2.40. The van der Waals surface area contributed by atoms with Crippen molar-refractivity contribution in [2.45, 2.75) is 69.9 Å². The predicted molar refractivity (Wildman–Crippen MR) is 184 cm³/mol. The average Bonchev–Trinajstić information content (AvgIpc) is 3.58. The maximum absolute atomic E-state index is 13.9. The van der Waals surface area contributed by atoms with Crippen LogP contribution in [0.4, 0.5) is 13.2 Å². The molecule has 11 nitrogen and oxygen atoms in total. The van der Waals surface area contributed by atoms with E-state index in [2.05, 4.69) is 20.9 Å². The molecule has 4 atom stereocenters. The number of alkyl halides is 3. The summed E-state index contributed by atoms with van der Waals surface area (Å²) >= 11 is 0. The number of ether oxygens (including phenoxy) is 1. The maximum atomic E-state index is 13.9. The van der Waals surface area contributed by atoms with E-state index in [1.54, 1.807) is 20.1 Å². The third-order valence-electron chi connectivity index (χ3n) is 10.8. The molecule has 266 valence electrons. The topological polar surface area (TPSA) is 133 Å². The van der Waals surface area contributed by atoms with Gasteiger partial charge in [0.1, 0.15) is 22.6 Å². The number of methoxy groups -OCH3 is 1. The summed E-state index contributed by atoms with van der Waals surface area (Å²) in [6, 6.07) is 11.0. The number of nitrogens with two attached hydrogens (primary N) is 1. The molecular formula is C37H39F3N8O3. The number of aromatic nitrogens is 5. The first kappa shape index (κ1) is 33.2. The van der Waals surface area contributed by atoms with Crippen molar-refractivity contribution in [1.29, 1.82) is 0 Å². The van der Waals surface area contributed by atoms with E-state index in [1.807, 2.05) is 34.7 Å². The van der Waals surface area contributed by atoms with Crippen LogP contribution < -0.4 is 15.8 Å². The number of hydrogen-bond acceptors (Lipinski definition) is 7. The number of nitrogens with one attached hydrogen (secondary N) is 1. The molecule has 0 unspecified atom stereocenters. The molecule has 2 bridgehead atoms. The van der Waals surface area contributed by atoms with Gasteiger partial charge in [0.25, 0.3) is 11.8 Å². The molecule has 8 rings (SSSR count). The van der Waals surface area contributed by atoms with Crippen molar-refractivity contribution in [1.82, 2.24) is 34.3 Å². The van der Waals surface area contributed by atoms with Crippen LogP contribution in [-0.2, 0) is 19.8 Å². The van der Waals surface area contributed by atoms with Gasteiger partial charge in [-0.15, -0.1) is 0 Å². The van der Waals surface area contributed by atoms with Crippen molar-refractivity contribution in [3.05, 3.63) is 71.2 Å². The third-order valence-corrected chi connectivity index (χ3v) is 10.8. The summed E-state index contributed by atoms with van der Waals surface area (Å²) in [6.07, 6.45) is 1.52. The third kappa shape index (κ3) is 5.98. The Hall–Kier alpha value is -4.98. The first-order valence-corrected chi connectivity index (χ1v) is 17.3. The van der Waals surface area contributed by atoms with E-state index in [1.165, 1.54) is 0 Å². The largest absolute Gasteiger partial charge is 0.494 e. The van der Waals surface area contributed by atoms with Gasteiger partial charge in [0.05, 0.1) is 35.6 Å². The lowest BCUT2D eigenvalue weighted by Crippen LogP contribution is -2.51. The molecule has 0 spiro atoms. The summed E-state index contributed by atoms with van der Waals surface area (Å²) in [7, 11) is 3.53. The number of carbonyl (C=O) groups is 2. The predicted octanol–water partition coefficient (Wildman–Crippen LogP) is 5.87. The first-order valence-electron chi connectivity index (χ1n) is 17.3. The summed E-state index contributed by atoms with van der Waals surface area (Å²) in [5.41, 5.74) is 9.52. The van der Waals surface area contributed by atoms with Gasteiger partial charge in [0, 0.05) is 49.4 Å². The van der Waals surface area contributed by atoms with E-state index in [-0.39, 0.29) is 23.6 Å². The normalized spacial score (nSPS) is 21.0. The number of carbonyl (C=O) groups excluding carboxylic acids is 2. The van der Waals surface area contributed by atoms with E-state index >= 15 is 0 Å². The van der Waals surface area contributed by atoms with E-state index < -0.39 is 23.8 Å². The number of pyridine rings is 2. The number of piperidine rings is 1. The van der Waals surface area contributed by atoms with Gasteiger partial charge >= 0.3 is 6.18 Å². The molecule has 3 N–H and O–H groups in total. The van der Waals surface area contributed by atoms with Gasteiger partial charge in [0.2, 0.25) is 0 Å². The molecule has 2 aliphatic carbocycles. The second-order valence-corrected chi connectivity index (χ2v) is 14.2. The number of hydrogen-bond donors (Lipinski definition) is 2. The van der Waals surface area contributed by atoms with Crippen molar-refractivity contribution >= 4 is 33.9 Å². The van der Waals surface area contributed by atoms with Gasteiger partial charge in [-0.05, 0) is 93.3 Å². The Kier molecular flexibility index (Phi) is 8.04. The van der Waals surface area contributed by atoms with Gasteiger partial charge < -0.3 is 29.8 Å². The molecule has 14 heteroatoms. The summed E-state index contributed by atoms with van der Waals surface area (Å²) < 4.78 is 48.9. The van der Waals surface area contributed by atoms with Crippen LogP contribution in [0.3, 0.4) is 0 Å². The molecule has 4 aromatic heterocycles. The molecule has 1 aliphatic heterocycles. The molecular weight excluding hydrogens is 661 g/mol. The molecule has 1 saturated heterocycles.